The van der Waals surface area contributed by atoms with Crippen LogP contribution in [0.2, 0.25) is 0 Å². The number of aliphatic carboxylic acids is 1. The van der Waals surface area contributed by atoms with Gasteiger partial charge >= 0.3 is 5.97 Å². The highest BCUT2D eigenvalue weighted by atomic mass is 16.4. The summed E-state index contributed by atoms with van der Waals surface area (Å²) in [5.41, 5.74) is -0.632. The van der Waals surface area contributed by atoms with Gasteiger partial charge in [0.1, 0.15) is 0 Å². The number of rotatable bonds is 10. The third-order valence-corrected chi connectivity index (χ3v) is 3.31. The molecule has 3 heteroatoms. The predicted molar refractivity (Wildman–Crippen MR) is 70.0 cm³/mol. The Bertz CT molecular complexity index is 212. The van der Waals surface area contributed by atoms with Gasteiger partial charge in [-0.1, -0.05) is 39.0 Å². The van der Waals surface area contributed by atoms with Crippen molar-refractivity contribution in [3.8, 4) is 0 Å². The molecule has 0 rings (SSSR count). The molecule has 0 saturated heterocycles. The van der Waals surface area contributed by atoms with Gasteiger partial charge < -0.3 is 10.2 Å². The normalized spacial score (nSPS) is 13.6. The standard InChI is InChI=1S/C14H28O3/c1-4-5-6-9-12(15)10-7-8-11-14(2,3)13(16)17/h12,15H,4-11H2,1-3H3,(H,16,17). The van der Waals surface area contributed by atoms with Crippen LogP contribution in [0.15, 0.2) is 0 Å². The molecule has 0 bridgehead atoms. The number of carboxylic acids is 1. The maximum Gasteiger partial charge on any atom is 0.309 e. The molecular formula is C14H28O3. The number of aliphatic hydroxyl groups excluding tert-OH is 1. The maximum absolute atomic E-state index is 10.9. The summed E-state index contributed by atoms with van der Waals surface area (Å²) in [5, 5.41) is 18.6. The van der Waals surface area contributed by atoms with Gasteiger partial charge in [-0.05, 0) is 33.1 Å². The fraction of sp³-hybridized carbons (Fsp3) is 0.929. The first-order chi connectivity index (χ1) is 7.90. The summed E-state index contributed by atoms with van der Waals surface area (Å²) < 4.78 is 0. The molecule has 0 aliphatic heterocycles. The molecule has 0 heterocycles. The minimum Gasteiger partial charge on any atom is -0.481 e. The molecular weight excluding hydrogens is 216 g/mol. The minimum atomic E-state index is -0.735. The topological polar surface area (TPSA) is 57.5 Å². The Morgan fingerprint density at radius 3 is 2.12 bits per heavy atom. The average Bonchev–Trinajstić information content (AvgIpc) is 2.24. The van der Waals surface area contributed by atoms with Crippen molar-refractivity contribution >= 4 is 5.97 Å². The fourth-order valence-corrected chi connectivity index (χ4v) is 1.83. The molecule has 1 atom stereocenters. The van der Waals surface area contributed by atoms with Crippen LogP contribution >= 0.6 is 0 Å². The van der Waals surface area contributed by atoms with Crippen molar-refractivity contribution in [2.24, 2.45) is 5.41 Å². The third kappa shape index (κ3) is 8.19. The van der Waals surface area contributed by atoms with Crippen LogP contribution in [0.5, 0.6) is 0 Å². The van der Waals surface area contributed by atoms with E-state index in [1.165, 1.54) is 12.8 Å². The first-order valence-corrected chi connectivity index (χ1v) is 6.81. The number of carboxylic acid groups (broad SMARTS) is 1. The molecule has 17 heavy (non-hydrogen) atoms. The molecule has 0 aromatic rings. The zero-order valence-corrected chi connectivity index (χ0v) is 11.5. The summed E-state index contributed by atoms with van der Waals surface area (Å²) in [4.78, 5) is 10.9. The lowest BCUT2D eigenvalue weighted by molar-refractivity contribution is -0.147. The maximum atomic E-state index is 10.9. The molecule has 0 fully saturated rings. The summed E-state index contributed by atoms with van der Waals surface area (Å²) in [6.07, 6.45) is 7.43. The summed E-state index contributed by atoms with van der Waals surface area (Å²) in [7, 11) is 0. The molecule has 3 nitrogen and oxygen atoms in total. The zero-order valence-electron chi connectivity index (χ0n) is 11.5. The van der Waals surface area contributed by atoms with E-state index < -0.39 is 11.4 Å². The number of hydrogen-bond donors (Lipinski definition) is 2. The van der Waals surface area contributed by atoms with Crippen LogP contribution in [-0.2, 0) is 4.79 Å². The lowest BCUT2D eigenvalue weighted by Crippen LogP contribution is -2.23. The van der Waals surface area contributed by atoms with Gasteiger partial charge in [-0.25, -0.2) is 0 Å². The van der Waals surface area contributed by atoms with Gasteiger partial charge in [0.25, 0.3) is 0 Å². The average molecular weight is 244 g/mol. The van der Waals surface area contributed by atoms with Crippen molar-refractivity contribution in [3.05, 3.63) is 0 Å². The molecule has 0 amide bonds. The Balaban J connectivity index is 3.54. The largest absolute Gasteiger partial charge is 0.481 e. The molecule has 102 valence electrons. The van der Waals surface area contributed by atoms with Gasteiger partial charge in [0.2, 0.25) is 0 Å². The molecule has 0 spiro atoms. The number of carbonyl (C=O) groups is 1. The first kappa shape index (κ1) is 16.4. The predicted octanol–water partition coefficient (Wildman–Crippen LogP) is 3.60. The summed E-state index contributed by atoms with van der Waals surface area (Å²) in [6.45, 7) is 5.67. The van der Waals surface area contributed by atoms with Gasteiger partial charge in [-0.15, -0.1) is 0 Å². The van der Waals surface area contributed by atoms with Crippen LogP contribution in [0.3, 0.4) is 0 Å². The molecule has 1 unspecified atom stereocenters. The SMILES string of the molecule is CCCCCC(O)CCCCC(C)(C)C(=O)O. The molecule has 0 aromatic heterocycles. The molecule has 0 aliphatic rings. The second-order valence-corrected chi connectivity index (χ2v) is 5.58. The third-order valence-electron chi connectivity index (χ3n) is 3.31. The zero-order chi connectivity index (χ0) is 13.3. The van der Waals surface area contributed by atoms with Crippen molar-refractivity contribution in [1.29, 1.82) is 0 Å². The smallest absolute Gasteiger partial charge is 0.309 e. The second-order valence-electron chi connectivity index (χ2n) is 5.58. The Morgan fingerprint density at radius 2 is 1.65 bits per heavy atom. The Kier molecular flexibility index (Phi) is 8.23. The van der Waals surface area contributed by atoms with E-state index in [2.05, 4.69) is 6.92 Å². The van der Waals surface area contributed by atoms with E-state index in [0.717, 1.165) is 32.1 Å². The van der Waals surface area contributed by atoms with E-state index in [4.69, 9.17) is 5.11 Å². The Labute approximate surface area is 105 Å². The van der Waals surface area contributed by atoms with E-state index in [1.807, 2.05) is 0 Å². The molecule has 0 saturated carbocycles. The first-order valence-electron chi connectivity index (χ1n) is 6.81. The number of unbranched alkanes of at least 4 members (excludes halogenated alkanes) is 3. The number of aliphatic hydroxyl groups is 1. The molecule has 2 N–H and O–H groups in total. The van der Waals surface area contributed by atoms with Crippen molar-refractivity contribution in [3.63, 3.8) is 0 Å². The summed E-state index contributed by atoms with van der Waals surface area (Å²) >= 11 is 0. The second kappa shape index (κ2) is 8.51. The van der Waals surface area contributed by atoms with Gasteiger partial charge in [-0.3, -0.25) is 4.79 Å². The lowest BCUT2D eigenvalue weighted by atomic mass is 9.87. The summed E-state index contributed by atoms with van der Waals surface area (Å²) in [5.74, 6) is -0.735. The highest BCUT2D eigenvalue weighted by Gasteiger charge is 2.26. The summed E-state index contributed by atoms with van der Waals surface area (Å²) in [6, 6.07) is 0. The van der Waals surface area contributed by atoms with Crippen molar-refractivity contribution in [1.82, 2.24) is 0 Å². The van der Waals surface area contributed by atoms with E-state index in [0.29, 0.717) is 6.42 Å². The van der Waals surface area contributed by atoms with Crippen molar-refractivity contribution < 1.29 is 15.0 Å². The van der Waals surface area contributed by atoms with Crippen molar-refractivity contribution in [2.45, 2.75) is 78.2 Å². The van der Waals surface area contributed by atoms with E-state index in [1.54, 1.807) is 13.8 Å². The van der Waals surface area contributed by atoms with Crippen LogP contribution in [0.4, 0.5) is 0 Å². The van der Waals surface area contributed by atoms with E-state index in [9.17, 15) is 9.90 Å². The van der Waals surface area contributed by atoms with Gasteiger partial charge in [0, 0.05) is 0 Å². The van der Waals surface area contributed by atoms with Crippen molar-refractivity contribution in [2.75, 3.05) is 0 Å². The minimum absolute atomic E-state index is 0.200. The Morgan fingerprint density at radius 1 is 1.12 bits per heavy atom. The fourth-order valence-electron chi connectivity index (χ4n) is 1.83. The monoisotopic (exact) mass is 244 g/mol. The van der Waals surface area contributed by atoms with Gasteiger partial charge in [0.05, 0.1) is 11.5 Å². The molecule has 0 aliphatic carbocycles. The highest BCUT2D eigenvalue weighted by molar-refractivity contribution is 5.73. The molecule has 0 radical (unpaired) electrons. The van der Waals surface area contributed by atoms with Crippen LogP contribution < -0.4 is 0 Å². The van der Waals surface area contributed by atoms with Crippen LogP contribution in [0.1, 0.15) is 72.1 Å². The quantitative estimate of drug-likeness (QED) is 0.577. The van der Waals surface area contributed by atoms with Crippen LogP contribution in [-0.4, -0.2) is 22.3 Å². The van der Waals surface area contributed by atoms with E-state index >= 15 is 0 Å². The Hall–Kier alpha value is -0.570. The highest BCUT2D eigenvalue weighted by Crippen LogP contribution is 2.24. The molecule has 0 aromatic carbocycles. The van der Waals surface area contributed by atoms with Gasteiger partial charge in [-0.2, -0.15) is 0 Å². The van der Waals surface area contributed by atoms with Crippen LogP contribution in [0.25, 0.3) is 0 Å². The number of hydrogen-bond acceptors (Lipinski definition) is 2. The van der Waals surface area contributed by atoms with E-state index in [-0.39, 0.29) is 6.10 Å². The van der Waals surface area contributed by atoms with Gasteiger partial charge in [0.15, 0.2) is 0 Å². The van der Waals surface area contributed by atoms with Crippen LogP contribution in [0, 0.1) is 5.41 Å². The lowest BCUT2D eigenvalue weighted by Gasteiger charge is -2.19.